The summed E-state index contributed by atoms with van der Waals surface area (Å²) in [4.78, 5) is 10.9. The Morgan fingerprint density at radius 3 is 2.31 bits per heavy atom. The molecule has 0 spiro atoms. The predicted octanol–water partition coefficient (Wildman–Crippen LogP) is 1.91. The van der Waals surface area contributed by atoms with Crippen molar-refractivity contribution in [1.82, 2.24) is 0 Å². The molecule has 0 heterocycles. The topological polar surface area (TPSA) is 46.5 Å². The summed E-state index contributed by atoms with van der Waals surface area (Å²) in [6.45, 7) is 8.45. The Balaban J connectivity index is 2.66. The van der Waals surface area contributed by atoms with Crippen molar-refractivity contribution in [1.29, 1.82) is 0 Å². The lowest BCUT2D eigenvalue weighted by atomic mass is 10.1. The van der Waals surface area contributed by atoms with E-state index in [1.165, 1.54) is 0 Å². The molecular formula is C10H18O3. The Hall–Kier alpha value is -0.570. The van der Waals surface area contributed by atoms with Crippen molar-refractivity contribution >= 4 is 5.97 Å². The standard InChI is InChI=1S/C10H18O3/c1-5-6-13-10(4)7(8(11)12)9(10,2)3/h7H,5-6H2,1-4H3,(H,11,12). The molecule has 13 heavy (non-hydrogen) atoms. The zero-order valence-electron chi connectivity index (χ0n) is 8.76. The fourth-order valence-electron chi connectivity index (χ4n) is 2.07. The van der Waals surface area contributed by atoms with Crippen LogP contribution in [-0.2, 0) is 9.53 Å². The van der Waals surface area contributed by atoms with E-state index >= 15 is 0 Å². The third-order valence-corrected chi connectivity index (χ3v) is 3.32. The molecule has 3 heteroatoms. The number of hydrogen-bond donors (Lipinski definition) is 1. The first kappa shape index (κ1) is 10.5. The molecule has 0 saturated heterocycles. The van der Waals surface area contributed by atoms with Crippen LogP contribution in [0.15, 0.2) is 0 Å². The van der Waals surface area contributed by atoms with Gasteiger partial charge in [0.1, 0.15) is 0 Å². The summed E-state index contributed by atoms with van der Waals surface area (Å²) >= 11 is 0. The quantitative estimate of drug-likeness (QED) is 0.729. The first-order valence-corrected chi connectivity index (χ1v) is 4.74. The van der Waals surface area contributed by atoms with Crippen molar-refractivity contribution in [3.05, 3.63) is 0 Å². The van der Waals surface area contributed by atoms with Gasteiger partial charge in [0, 0.05) is 12.0 Å². The lowest BCUT2D eigenvalue weighted by Crippen LogP contribution is -2.19. The second kappa shape index (κ2) is 2.98. The average molecular weight is 186 g/mol. The minimum atomic E-state index is -0.747. The Morgan fingerprint density at radius 2 is 2.00 bits per heavy atom. The van der Waals surface area contributed by atoms with E-state index in [0.29, 0.717) is 6.61 Å². The van der Waals surface area contributed by atoms with Gasteiger partial charge in [-0.3, -0.25) is 4.79 Å². The van der Waals surface area contributed by atoms with E-state index in [1.54, 1.807) is 0 Å². The predicted molar refractivity (Wildman–Crippen MR) is 49.6 cm³/mol. The van der Waals surface area contributed by atoms with Crippen LogP contribution in [0.4, 0.5) is 0 Å². The van der Waals surface area contributed by atoms with E-state index < -0.39 is 11.6 Å². The second-order valence-electron chi connectivity index (χ2n) is 4.45. The SMILES string of the molecule is CCCOC1(C)C(C(=O)O)C1(C)C. The molecule has 1 aliphatic rings. The molecule has 1 rings (SSSR count). The highest BCUT2D eigenvalue weighted by atomic mass is 16.5. The smallest absolute Gasteiger partial charge is 0.310 e. The second-order valence-corrected chi connectivity index (χ2v) is 4.45. The molecule has 0 aromatic heterocycles. The van der Waals surface area contributed by atoms with Gasteiger partial charge in [0.25, 0.3) is 0 Å². The first-order valence-electron chi connectivity index (χ1n) is 4.74. The minimum absolute atomic E-state index is 0.228. The van der Waals surface area contributed by atoms with Crippen LogP contribution in [0.3, 0.4) is 0 Å². The van der Waals surface area contributed by atoms with Gasteiger partial charge < -0.3 is 9.84 Å². The van der Waals surface area contributed by atoms with Crippen LogP contribution in [0.25, 0.3) is 0 Å². The summed E-state index contributed by atoms with van der Waals surface area (Å²) in [5.74, 6) is -1.10. The van der Waals surface area contributed by atoms with E-state index in [-0.39, 0.29) is 11.3 Å². The number of ether oxygens (including phenoxy) is 1. The Morgan fingerprint density at radius 1 is 1.46 bits per heavy atom. The van der Waals surface area contributed by atoms with Crippen LogP contribution in [-0.4, -0.2) is 23.3 Å². The molecule has 1 aliphatic carbocycles. The zero-order valence-corrected chi connectivity index (χ0v) is 8.76. The molecule has 1 saturated carbocycles. The van der Waals surface area contributed by atoms with Crippen LogP contribution in [0.5, 0.6) is 0 Å². The lowest BCUT2D eigenvalue weighted by Gasteiger charge is -2.14. The highest BCUT2D eigenvalue weighted by molar-refractivity contribution is 5.77. The van der Waals surface area contributed by atoms with Crippen molar-refractivity contribution < 1.29 is 14.6 Å². The van der Waals surface area contributed by atoms with E-state index in [9.17, 15) is 4.79 Å². The van der Waals surface area contributed by atoms with Gasteiger partial charge in [-0.1, -0.05) is 20.8 Å². The summed E-state index contributed by atoms with van der Waals surface area (Å²) in [7, 11) is 0. The number of carboxylic acid groups (broad SMARTS) is 1. The van der Waals surface area contributed by atoms with Crippen LogP contribution < -0.4 is 0 Å². The largest absolute Gasteiger partial charge is 0.481 e. The molecule has 0 aromatic carbocycles. The first-order chi connectivity index (χ1) is 5.88. The Labute approximate surface area is 79.1 Å². The molecule has 2 unspecified atom stereocenters. The van der Waals surface area contributed by atoms with Gasteiger partial charge in [-0.15, -0.1) is 0 Å². The van der Waals surface area contributed by atoms with Crippen molar-refractivity contribution in [2.45, 2.75) is 39.7 Å². The van der Waals surface area contributed by atoms with Gasteiger partial charge in [0.05, 0.1) is 11.5 Å². The maximum Gasteiger partial charge on any atom is 0.310 e. The summed E-state index contributed by atoms with van der Waals surface area (Å²) in [6, 6.07) is 0. The van der Waals surface area contributed by atoms with Gasteiger partial charge in [0.2, 0.25) is 0 Å². The van der Waals surface area contributed by atoms with Gasteiger partial charge in [-0.05, 0) is 13.3 Å². The molecule has 1 N–H and O–H groups in total. The molecule has 0 aliphatic heterocycles. The molecule has 0 amide bonds. The van der Waals surface area contributed by atoms with Gasteiger partial charge >= 0.3 is 5.97 Å². The molecule has 3 nitrogen and oxygen atoms in total. The van der Waals surface area contributed by atoms with Crippen molar-refractivity contribution in [3.8, 4) is 0 Å². The van der Waals surface area contributed by atoms with E-state index in [2.05, 4.69) is 0 Å². The van der Waals surface area contributed by atoms with Gasteiger partial charge in [-0.25, -0.2) is 0 Å². The van der Waals surface area contributed by atoms with Crippen molar-refractivity contribution in [2.24, 2.45) is 11.3 Å². The van der Waals surface area contributed by atoms with E-state index in [0.717, 1.165) is 6.42 Å². The molecule has 0 radical (unpaired) electrons. The maximum atomic E-state index is 10.9. The summed E-state index contributed by atoms with van der Waals surface area (Å²) in [5, 5.41) is 8.94. The molecule has 2 atom stereocenters. The third-order valence-electron chi connectivity index (χ3n) is 3.32. The Kier molecular flexibility index (Phi) is 2.41. The molecule has 1 fully saturated rings. The van der Waals surface area contributed by atoms with Crippen LogP contribution >= 0.6 is 0 Å². The molecule has 0 aromatic rings. The van der Waals surface area contributed by atoms with Gasteiger partial charge in [0.15, 0.2) is 0 Å². The summed E-state index contributed by atoms with van der Waals surface area (Å²) < 4.78 is 5.60. The van der Waals surface area contributed by atoms with Crippen molar-refractivity contribution in [2.75, 3.05) is 6.61 Å². The fraction of sp³-hybridized carbons (Fsp3) is 0.900. The number of hydrogen-bond acceptors (Lipinski definition) is 2. The highest BCUT2D eigenvalue weighted by Gasteiger charge is 2.73. The van der Waals surface area contributed by atoms with E-state index in [1.807, 2.05) is 27.7 Å². The van der Waals surface area contributed by atoms with Crippen LogP contribution in [0.2, 0.25) is 0 Å². The third kappa shape index (κ3) is 1.35. The monoisotopic (exact) mass is 186 g/mol. The maximum absolute atomic E-state index is 10.9. The number of aliphatic carboxylic acids is 1. The molecule has 76 valence electrons. The number of rotatable bonds is 4. The fourth-order valence-corrected chi connectivity index (χ4v) is 2.07. The van der Waals surface area contributed by atoms with E-state index in [4.69, 9.17) is 9.84 Å². The number of carboxylic acids is 1. The number of carbonyl (C=O) groups is 1. The zero-order chi connectivity index (χ0) is 10.3. The molecule has 0 bridgehead atoms. The molecular weight excluding hydrogens is 168 g/mol. The summed E-state index contributed by atoms with van der Waals surface area (Å²) in [5.41, 5.74) is -0.692. The average Bonchev–Trinajstić information content (AvgIpc) is 2.43. The van der Waals surface area contributed by atoms with Crippen LogP contribution in [0.1, 0.15) is 34.1 Å². The van der Waals surface area contributed by atoms with Gasteiger partial charge in [-0.2, -0.15) is 0 Å². The summed E-state index contributed by atoms with van der Waals surface area (Å²) in [6.07, 6.45) is 0.929. The lowest BCUT2D eigenvalue weighted by molar-refractivity contribution is -0.141. The van der Waals surface area contributed by atoms with Crippen molar-refractivity contribution in [3.63, 3.8) is 0 Å². The minimum Gasteiger partial charge on any atom is -0.481 e. The normalized spacial score (nSPS) is 35.8. The van der Waals surface area contributed by atoms with Crippen LogP contribution in [0, 0.1) is 11.3 Å². The Bertz CT molecular complexity index is 222. The highest BCUT2D eigenvalue weighted by Crippen LogP contribution is 2.63.